The Morgan fingerprint density at radius 2 is 2.35 bits per heavy atom. The normalized spacial score (nSPS) is 10.2. The smallest absolute Gasteiger partial charge is 0.355 e. The number of nitrogens with zero attached hydrogens (tertiary/aromatic N) is 3. The maximum Gasteiger partial charge on any atom is 0.355 e. The van der Waals surface area contributed by atoms with Crippen LogP contribution in [-0.2, 0) is 6.54 Å². The van der Waals surface area contributed by atoms with Crippen molar-refractivity contribution >= 4 is 28.8 Å². The molecular weight excluding hydrogens is 284 g/mol. The van der Waals surface area contributed by atoms with Gasteiger partial charge in [-0.15, -0.1) is 11.3 Å². The summed E-state index contributed by atoms with van der Waals surface area (Å²) in [6.07, 6.45) is 1.47. The minimum atomic E-state index is -1.10. The lowest BCUT2D eigenvalue weighted by atomic mass is 10.2. The van der Waals surface area contributed by atoms with E-state index < -0.39 is 10.9 Å². The molecule has 0 bridgehead atoms. The average molecular weight is 294 g/mol. The van der Waals surface area contributed by atoms with Gasteiger partial charge in [0.2, 0.25) is 5.82 Å². The van der Waals surface area contributed by atoms with Gasteiger partial charge in [0, 0.05) is 17.1 Å². The Labute approximate surface area is 117 Å². The minimum Gasteiger partial charge on any atom is -0.476 e. The summed E-state index contributed by atoms with van der Waals surface area (Å²) in [6, 6.07) is 1.55. The number of nitrogens with one attached hydrogen (secondary N) is 1. The number of carboxylic acids is 1. The molecule has 0 aromatic carbocycles. The van der Waals surface area contributed by atoms with Gasteiger partial charge in [-0.1, -0.05) is 0 Å². The van der Waals surface area contributed by atoms with Gasteiger partial charge in [-0.05, 0) is 13.0 Å². The average Bonchev–Trinajstić information content (AvgIpc) is 2.84. The first kappa shape index (κ1) is 13.9. The van der Waals surface area contributed by atoms with Gasteiger partial charge in [0.15, 0.2) is 5.69 Å². The molecule has 0 saturated heterocycles. The second-order valence-corrected chi connectivity index (χ2v) is 4.81. The third-order valence-corrected chi connectivity index (χ3v) is 3.34. The van der Waals surface area contributed by atoms with Crippen LogP contribution >= 0.6 is 11.3 Å². The van der Waals surface area contributed by atoms with Crippen molar-refractivity contribution in [1.29, 1.82) is 0 Å². The third kappa shape index (κ3) is 2.88. The van der Waals surface area contributed by atoms with Crippen molar-refractivity contribution in [3.63, 3.8) is 0 Å². The monoisotopic (exact) mass is 294 g/mol. The predicted octanol–water partition coefficient (Wildman–Crippen LogP) is 2.07. The maximum absolute atomic E-state index is 11.0. The molecule has 104 valence electrons. The topological polar surface area (TPSA) is 118 Å². The highest BCUT2D eigenvalue weighted by Gasteiger charge is 2.18. The van der Waals surface area contributed by atoms with Crippen LogP contribution in [0.5, 0.6) is 0 Å². The molecule has 9 heteroatoms. The second kappa shape index (κ2) is 5.61. The van der Waals surface area contributed by atoms with Crippen molar-refractivity contribution in [2.45, 2.75) is 13.5 Å². The lowest BCUT2D eigenvalue weighted by Crippen LogP contribution is -2.06. The summed E-state index contributed by atoms with van der Waals surface area (Å²) in [5.74, 6) is -0.964. The van der Waals surface area contributed by atoms with Gasteiger partial charge in [0.25, 0.3) is 0 Å². The van der Waals surface area contributed by atoms with Crippen LogP contribution in [0.25, 0.3) is 0 Å². The molecular formula is C11H10N4O4S. The van der Waals surface area contributed by atoms with Gasteiger partial charge < -0.3 is 10.4 Å². The summed E-state index contributed by atoms with van der Waals surface area (Å²) in [6.45, 7) is 1.80. The highest BCUT2D eigenvalue weighted by atomic mass is 32.1. The Bertz CT molecular complexity index is 670. The zero-order chi connectivity index (χ0) is 14.7. The van der Waals surface area contributed by atoms with E-state index in [0.29, 0.717) is 10.6 Å². The molecule has 0 spiro atoms. The molecule has 8 nitrogen and oxygen atoms in total. The van der Waals surface area contributed by atoms with Crippen molar-refractivity contribution in [2.75, 3.05) is 5.32 Å². The van der Waals surface area contributed by atoms with E-state index in [1.807, 2.05) is 0 Å². The first-order valence-electron chi connectivity index (χ1n) is 5.50. The summed E-state index contributed by atoms with van der Waals surface area (Å²) < 4.78 is 0. The quantitative estimate of drug-likeness (QED) is 0.640. The SMILES string of the molecule is Cc1ccnc(NCc2nc(C(=O)O)cs2)c1[N+](=O)[O-]. The predicted molar refractivity (Wildman–Crippen MR) is 72.0 cm³/mol. The number of hydrogen-bond acceptors (Lipinski definition) is 7. The van der Waals surface area contributed by atoms with E-state index in [4.69, 9.17) is 5.11 Å². The van der Waals surface area contributed by atoms with E-state index in [1.165, 1.54) is 11.6 Å². The Hall–Kier alpha value is -2.55. The number of thiazole rings is 1. The molecule has 0 radical (unpaired) electrons. The van der Waals surface area contributed by atoms with E-state index in [0.717, 1.165) is 11.3 Å². The number of hydrogen-bond donors (Lipinski definition) is 2. The molecule has 0 fully saturated rings. The molecule has 2 aromatic rings. The number of carboxylic acid groups (broad SMARTS) is 1. The zero-order valence-electron chi connectivity index (χ0n) is 10.4. The molecule has 0 atom stereocenters. The van der Waals surface area contributed by atoms with Crippen molar-refractivity contribution in [3.8, 4) is 0 Å². The highest BCUT2D eigenvalue weighted by Crippen LogP contribution is 2.26. The second-order valence-electron chi connectivity index (χ2n) is 3.87. The number of rotatable bonds is 5. The fourth-order valence-corrected chi connectivity index (χ4v) is 2.27. The van der Waals surface area contributed by atoms with Crippen LogP contribution in [-0.4, -0.2) is 26.0 Å². The lowest BCUT2D eigenvalue weighted by Gasteiger charge is -2.05. The molecule has 2 heterocycles. The zero-order valence-corrected chi connectivity index (χ0v) is 11.2. The standard InChI is InChI=1S/C11H10N4O4S/c1-6-2-3-12-10(9(6)15(18)19)13-4-8-14-7(5-20-8)11(16)17/h2-3,5H,4H2,1H3,(H,12,13)(H,16,17). The van der Waals surface area contributed by atoms with Crippen LogP contribution in [0.2, 0.25) is 0 Å². The maximum atomic E-state index is 11.0. The van der Waals surface area contributed by atoms with Gasteiger partial charge in [-0.3, -0.25) is 10.1 Å². The molecule has 0 aliphatic carbocycles. The van der Waals surface area contributed by atoms with Crippen molar-refractivity contribution in [3.05, 3.63) is 44.0 Å². The molecule has 2 rings (SSSR count). The van der Waals surface area contributed by atoms with Gasteiger partial charge in [0.05, 0.1) is 11.5 Å². The fourth-order valence-electron chi connectivity index (χ4n) is 1.56. The number of aromatic nitrogens is 2. The Morgan fingerprint density at radius 1 is 1.60 bits per heavy atom. The van der Waals surface area contributed by atoms with Crippen LogP contribution in [0, 0.1) is 17.0 Å². The molecule has 20 heavy (non-hydrogen) atoms. The summed E-state index contributed by atoms with van der Waals surface area (Å²) in [4.78, 5) is 29.0. The first-order valence-corrected chi connectivity index (χ1v) is 6.38. The third-order valence-electron chi connectivity index (χ3n) is 2.49. The summed E-state index contributed by atoms with van der Waals surface area (Å²) >= 11 is 1.16. The molecule has 2 N–H and O–H groups in total. The summed E-state index contributed by atoms with van der Waals surface area (Å²) in [7, 11) is 0. The highest BCUT2D eigenvalue weighted by molar-refractivity contribution is 7.09. The minimum absolute atomic E-state index is 0.0431. The van der Waals surface area contributed by atoms with Gasteiger partial charge in [0.1, 0.15) is 5.01 Å². The van der Waals surface area contributed by atoms with Crippen LogP contribution in [0.4, 0.5) is 11.5 Å². The van der Waals surface area contributed by atoms with E-state index >= 15 is 0 Å². The Kier molecular flexibility index (Phi) is 3.89. The number of carbonyl (C=O) groups is 1. The van der Waals surface area contributed by atoms with E-state index in [9.17, 15) is 14.9 Å². The molecule has 0 aliphatic heterocycles. The Balaban J connectivity index is 2.16. The fraction of sp³-hybridized carbons (Fsp3) is 0.182. The van der Waals surface area contributed by atoms with E-state index in [2.05, 4.69) is 15.3 Å². The molecule has 2 aromatic heterocycles. The number of aryl methyl sites for hydroxylation is 1. The Morgan fingerprint density at radius 3 is 2.95 bits per heavy atom. The molecule has 0 aliphatic rings. The molecule has 0 unspecified atom stereocenters. The van der Waals surface area contributed by atoms with Crippen molar-refractivity contribution in [2.24, 2.45) is 0 Å². The molecule has 0 amide bonds. The van der Waals surface area contributed by atoms with Crippen molar-refractivity contribution < 1.29 is 14.8 Å². The largest absolute Gasteiger partial charge is 0.476 e. The van der Waals surface area contributed by atoms with Gasteiger partial charge >= 0.3 is 11.7 Å². The van der Waals surface area contributed by atoms with Crippen LogP contribution in [0.1, 0.15) is 21.1 Å². The van der Waals surface area contributed by atoms with Crippen LogP contribution in [0.15, 0.2) is 17.6 Å². The molecule has 0 saturated carbocycles. The lowest BCUT2D eigenvalue weighted by molar-refractivity contribution is -0.384. The van der Waals surface area contributed by atoms with E-state index in [1.54, 1.807) is 13.0 Å². The van der Waals surface area contributed by atoms with Gasteiger partial charge in [-0.2, -0.15) is 0 Å². The van der Waals surface area contributed by atoms with Crippen molar-refractivity contribution in [1.82, 2.24) is 9.97 Å². The number of pyridine rings is 1. The van der Waals surface area contributed by atoms with Crippen LogP contribution in [0.3, 0.4) is 0 Å². The first-order chi connectivity index (χ1) is 9.49. The number of nitro groups is 1. The van der Waals surface area contributed by atoms with Gasteiger partial charge in [-0.25, -0.2) is 14.8 Å². The van der Waals surface area contributed by atoms with Crippen LogP contribution < -0.4 is 5.32 Å². The summed E-state index contributed by atoms with van der Waals surface area (Å²) in [5.41, 5.74) is 0.360. The number of aromatic carboxylic acids is 1. The summed E-state index contributed by atoms with van der Waals surface area (Å²) in [5, 5.41) is 24.5. The van der Waals surface area contributed by atoms with E-state index in [-0.39, 0.29) is 23.7 Å². The number of anilines is 1.